The Labute approximate surface area is 150 Å². The second kappa shape index (κ2) is 9.02. The highest BCUT2D eigenvalue weighted by Crippen LogP contribution is 2.18. The van der Waals surface area contributed by atoms with Crippen LogP contribution in [-0.4, -0.2) is 30.1 Å². The summed E-state index contributed by atoms with van der Waals surface area (Å²) in [5.41, 5.74) is 9.74. The molecule has 2 N–H and O–H groups in total. The van der Waals surface area contributed by atoms with Crippen LogP contribution >= 0.6 is 0 Å². The third kappa shape index (κ3) is 5.45. The molecule has 2 aliphatic rings. The van der Waals surface area contributed by atoms with Gasteiger partial charge in [-0.25, -0.2) is 0 Å². The van der Waals surface area contributed by atoms with Gasteiger partial charge in [-0.15, -0.1) is 0 Å². The van der Waals surface area contributed by atoms with E-state index in [1.54, 1.807) is 6.08 Å². The van der Waals surface area contributed by atoms with E-state index in [9.17, 15) is 4.79 Å². The number of hydrogen-bond acceptors (Lipinski definition) is 3. The first-order chi connectivity index (χ1) is 12.0. The summed E-state index contributed by atoms with van der Waals surface area (Å²) in [6, 6.07) is 0. The molecule has 0 saturated carbocycles. The summed E-state index contributed by atoms with van der Waals surface area (Å²) in [7, 11) is 0. The number of carbonyl (C=O) groups excluding carboxylic acids is 1. The molecule has 2 heterocycles. The largest absolute Gasteiger partial charge is 0.399 e. The first-order valence-corrected chi connectivity index (χ1v) is 8.70. The molecule has 2 rings (SSSR count). The van der Waals surface area contributed by atoms with Crippen molar-refractivity contribution in [3.05, 3.63) is 71.1 Å². The molecule has 0 aromatic heterocycles. The van der Waals surface area contributed by atoms with E-state index in [-0.39, 0.29) is 5.91 Å². The van der Waals surface area contributed by atoms with Crippen molar-refractivity contribution in [2.45, 2.75) is 27.2 Å². The maximum absolute atomic E-state index is 12.6. The van der Waals surface area contributed by atoms with Gasteiger partial charge in [0, 0.05) is 30.2 Å². The lowest BCUT2D eigenvalue weighted by Crippen LogP contribution is -2.30. The lowest BCUT2D eigenvalue weighted by Gasteiger charge is -2.24. The van der Waals surface area contributed by atoms with E-state index in [0.29, 0.717) is 24.7 Å². The van der Waals surface area contributed by atoms with Crippen molar-refractivity contribution in [2.75, 3.05) is 13.1 Å². The van der Waals surface area contributed by atoms with Gasteiger partial charge in [-0.05, 0) is 49.1 Å². The molecule has 25 heavy (non-hydrogen) atoms. The Morgan fingerprint density at radius 1 is 1.40 bits per heavy atom. The van der Waals surface area contributed by atoms with Gasteiger partial charge in [0.1, 0.15) is 0 Å². The number of allylic oxidation sites excluding steroid dienone is 8. The van der Waals surface area contributed by atoms with Gasteiger partial charge in [0.05, 0.1) is 6.54 Å². The molecule has 4 nitrogen and oxygen atoms in total. The molecule has 1 amide bonds. The van der Waals surface area contributed by atoms with Crippen molar-refractivity contribution in [3.8, 4) is 0 Å². The van der Waals surface area contributed by atoms with Gasteiger partial charge in [0.15, 0.2) is 0 Å². The highest BCUT2D eigenvalue weighted by Gasteiger charge is 2.16. The topological polar surface area (TPSA) is 58.7 Å². The van der Waals surface area contributed by atoms with Crippen LogP contribution in [0.1, 0.15) is 27.2 Å². The monoisotopic (exact) mass is 337 g/mol. The van der Waals surface area contributed by atoms with Gasteiger partial charge in [0.25, 0.3) is 5.91 Å². The zero-order valence-electron chi connectivity index (χ0n) is 15.3. The Morgan fingerprint density at radius 3 is 2.96 bits per heavy atom. The standard InChI is InChI=1S/C21H27N3O/c1-4-20(11-8-18-14-23-13-5-6-17(18)3)24-15-16(2)7-9-19(22)10-12-21(24)25/h5-13,17H,4,14-15,22H2,1-3H3/b12-10+,16-7+,18-8-,19-9+,20-11+. The van der Waals surface area contributed by atoms with E-state index in [4.69, 9.17) is 5.73 Å². The number of amides is 1. The maximum Gasteiger partial charge on any atom is 0.251 e. The Kier molecular flexibility index (Phi) is 6.75. The Bertz CT molecular complexity index is 717. The van der Waals surface area contributed by atoms with Gasteiger partial charge in [-0.3, -0.25) is 9.79 Å². The van der Waals surface area contributed by atoms with Crippen LogP contribution in [0.15, 0.2) is 76.1 Å². The van der Waals surface area contributed by atoms with E-state index < -0.39 is 0 Å². The highest BCUT2D eigenvalue weighted by molar-refractivity contribution is 5.89. The minimum absolute atomic E-state index is 0.0515. The Morgan fingerprint density at radius 2 is 2.20 bits per heavy atom. The summed E-state index contributed by atoms with van der Waals surface area (Å²) in [4.78, 5) is 18.8. The molecule has 4 heteroatoms. The summed E-state index contributed by atoms with van der Waals surface area (Å²) in [6.45, 7) is 7.48. The molecule has 0 radical (unpaired) electrons. The number of nitrogens with two attached hydrogens (primary N) is 1. The second-order valence-corrected chi connectivity index (χ2v) is 6.35. The summed E-state index contributed by atoms with van der Waals surface area (Å²) in [5, 5.41) is 0. The third-order valence-electron chi connectivity index (χ3n) is 4.30. The summed E-state index contributed by atoms with van der Waals surface area (Å²) in [5.74, 6) is 0.290. The Balaban J connectivity index is 2.31. The van der Waals surface area contributed by atoms with E-state index in [1.165, 1.54) is 11.6 Å². The van der Waals surface area contributed by atoms with E-state index in [1.807, 2.05) is 42.3 Å². The van der Waals surface area contributed by atoms with Crippen molar-refractivity contribution in [1.29, 1.82) is 0 Å². The Hall–Kier alpha value is -2.62. The van der Waals surface area contributed by atoms with Crippen LogP contribution in [0.5, 0.6) is 0 Å². The molecule has 0 fully saturated rings. The maximum atomic E-state index is 12.6. The fourth-order valence-corrected chi connectivity index (χ4v) is 2.68. The molecular weight excluding hydrogens is 310 g/mol. The second-order valence-electron chi connectivity index (χ2n) is 6.35. The van der Waals surface area contributed by atoms with Gasteiger partial charge >= 0.3 is 0 Å². The molecule has 0 spiro atoms. The zero-order chi connectivity index (χ0) is 18.2. The quantitative estimate of drug-likeness (QED) is 0.854. The van der Waals surface area contributed by atoms with Gasteiger partial charge in [-0.1, -0.05) is 37.6 Å². The highest BCUT2D eigenvalue weighted by atomic mass is 16.2. The predicted molar refractivity (Wildman–Crippen MR) is 105 cm³/mol. The number of aliphatic imine (C=N–C) groups is 1. The fourth-order valence-electron chi connectivity index (χ4n) is 2.68. The first kappa shape index (κ1) is 18.7. The van der Waals surface area contributed by atoms with Crippen molar-refractivity contribution in [2.24, 2.45) is 16.6 Å². The van der Waals surface area contributed by atoms with Crippen LogP contribution < -0.4 is 5.73 Å². The van der Waals surface area contributed by atoms with E-state index in [0.717, 1.165) is 17.7 Å². The minimum atomic E-state index is -0.0515. The third-order valence-corrected chi connectivity index (χ3v) is 4.30. The van der Waals surface area contributed by atoms with Gasteiger partial charge in [-0.2, -0.15) is 0 Å². The number of hydrogen-bond donors (Lipinski definition) is 1. The summed E-state index contributed by atoms with van der Waals surface area (Å²) < 4.78 is 0. The molecule has 132 valence electrons. The van der Waals surface area contributed by atoms with Crippen LogP contribution in [0, 0.1) is 5.92 Å². The van der Waals surface area contributed by atoms with Crippen LogP contribution in [0.4, 0.5) is 0 Å². The van der Waals surface area contributed by atoms with Crippen molar-refractivity contribution < 1.29 is 4.79 Å². The lowest BCUT2D eigenvalue weighted by atomic mass is 10.0. The minimum Gasteiger partial charge on any atom is -0.399 e. The number of nitrogens with zero attached hydrogens (tertiary/aromatic N) is 2. The van der Waals surface area contributed by atoms with Crippen LogP contribution in [0.3, 0.4) is 0 Å². The average molecular weight is 337 g/mol. The summed E-state index contributed by atoms with van der Waals surface area (Å²) in [6.07, 6.45) is 17.9. The van der Waals surface area contributed by atoms with Crippen molar-refractivity contribution in [3.63, 3.8) is 0 Å². The smallest absolute Gasteiger partial charge is 0.251 e. The molecule has 0 aromatic carbocycles. The van der Waals surface area contributed by atoms with Gasteiger partial charge < -0.3 is 10.6 Å². The van der Waals surface area contributed by atoms with Crippen LogP contribution in [0.25, 0.3) is 0 Å². The SMILES string of the molecule is CC/C(=C\C=C1\CN=CC=CC1C)N1C/C(C)=C/C=C(N)\C=C\C1=O. The molecule has 1 atom stereocenters. The molecule has 0 aliphatic carbocycles. The molecule has 0 saturated heterocycles. The first-order valence-electron chi connectivity index (χ1n) is 8.70. The van der Waals surface area contributed by atoms with Gasteiger partial charge in [0.2, 0.25) is 0 Å². The van der Waals surface area contributed by atoms with Crippen molar-refractivity contribution >= 4 is 12.1 Å². The van der Waals surface area contributed by atoms with E-state index >= 15 is 0 Å². The van der Waals surface area contributed by atoms with E-state index in [2.05, 4.69) is 31.0 Å². The molecule has 1 unspecified atom stereocenters. The fraction of sp³-hybridized carbons (Fsp3) is 0.333. The molecule has 0 aromatic rings. The number of rotatable bonds is 3. The van der Waals surface area contributed by atoms with Crippen LogP contribution in [0.2, 0.25) is 0 Å². The molecular formula is C21H27N3O. The van der Waals surface area contributed by atoms with Crippen molar-refractivity contribution in [1.82, 2.24) is 4.90 Å². The average Bonchev–Trinajstić information content (AvgIpc) is 2.78. The molecule has 0 bridgehead atoms. The normalized spacial score (nSPS) is 29.2. The summed E-state index contributed by atoms with van der Waals surface area (Å²) >= 11 is 0. The van der Waals surface area contributed by atoms with Crippen LogP contribution in [-0.2, 0) is 4.79 Å². The molecule has 2 aliphatic heterocycles. The zero-order valence-corrected chi connectivity index (χ0v) is 15.3. The number of carbonyl (C=O) groups is 1. The lowest BCUT2D eigenvalue weighted by molar-refractivity contribution is -0.124. The predicted octanol–water partition coefficient (Wildman–Crippen LogP) is 3.67.